The maximum absolute atomic E-state index is 12.5. The Labute approximate surface area is 111 Å². The zero-order valence-electron chi connectivity index (χ0n) is 10.2. The number of ether oxygens (including phenoxy) is 1. The van der Waals surface area contributed by atoms with E-state index in [1.165, 1.54) is 15.6 Å². The number of hydrogen-bond acceptors (Lipinski definition) is 5. The molecule has 1 aliphatic heterocycles. The molecule has 0 saturated carbocycles. The normalized spacial score (nSPS) is 22.9. The first-order valence-electron chi connectivity index (χ1n) is 5.84. The van der Waals surface area contributed by atoms with Crippen molar-refractivity contribution >= 4 is 21.4 Å². The van der Waals surface area contributed by atoms with Gasteiger partial charge in [0.25, 0.3) is 0 Å². The van der Waals surface area contributed by atoms with Gasteiger partial charge < -0.3 is 9.84 Å². The van der Waals surface area contributed by atoms with Gasteiger partial charge in [-0.25, -0.2) is 8.42 Å². The Morgan fingerprint density at radius 1 is 1.61 bits per heavy atom. The van der Waals surface area contributed by atoms with Crippen LogP contribution in [0, 0.1) is 0 Å². The summed E-state index contributed by atoms with van der Waals surface area (Å²) in [5, 5.41) is 10.9. The Hall–Kier alpha value is -0.470. The molecule has 1 saturated heterocycles. The van der Waals surface area contributed by atoms with Crippen molar-refractivity contribution in [1.82, 2.24) is 4.31 Å². The monoisotopic (exact) mass is 291 g/mol. The lowest BCUT2D eigenvalue weighted by atomic mass is 10.4. The summed E-state index contributed by atoms with van der Waals surface area (Å²) in [4.78, 5) is 0.719. The van der Waals surface area contributed by atoms with Crippen LogP contribution in [0.25, 0.3) is 0 Å². The summed E-state index contributed by atoms with van der Waals surface area (Å²) in [6, 6.07) is 1.56. The van der Waals surface area contributed by atoms with Gasteiger partial charge in [0.2, 0.25) is 10.0 Å². The smallest absolute Gasteiger partial charge is 0.244 e. The minimum absolute atomic E-state index is 0.0986. The van der Waals surface area contributed by atoms with Crippen molar-refractivity contribution in [2.45, 2.75) is 31.0 Å². The van der Waals surface area contributed by atoms with Gasteiger partial charge in [-0.2, -0.15) is 4.31 Å². The summed E-state index contributed by atoms with van der Waals surface area (Å²) >= 11 is 1.26. The molecule has 1 atom stereocenters. The Bertz CT molecular complexity index is 497. The first-order valence-corrected chi connectivity index (χ1v) is 8.16. The van der Waals surface area contributed by atoms with Crippen LogP contribution in [0.4, 0.5) is 0 Å². The highest BCUT2D eigenvalue weighted by atomic mass is 32.2. The molecule has 0 amide bonds. The molecule has 1 unspecified atom stereocenters. The molecule has 7 heteroatoms. The number of sulfonamides is 1. The number of thiophene rings is 1. The van der Waals surface area contributed by atoms with Crippen molar-refractivity contribution in [2.24, 2.45) is 0 Å². The lowest BCUT2D eigenvalue weighted by Crippen LogP contribution is -2.36. The van der Waals surface area contributed by atoms with E-state index >= 15 is 0 Å². The Kier molecular flexibility index (Phi) is 4.39. The van der Waals surface area contributed by atoms with E-state index in [1.54, 1.807) is 11.4 Å². The first-order chi connectivity index (χ1) is 8.55. The second-order valence-corrected chi connectivity index (χ2v) is 7.17. The van der Waals surface area contributed by atoms with E-state index in [1.807, 2.05) is 6.92 Å². The summed E-state index contributed by atoms with van der Waals surface area (Å²) in [6.07, 6.45) is 0.598. The lowest BCUT2D eigenvalue weighted by Gasteiger charge is -2.21. The summed E-state index contributed by atoms with van der Waals surface area (Å²) < 4.78 is 31.9. The number of hydrogen-bond donors (Lipinski definition) is 1. The topological polar surface area (TPSA) is 66.8 Å². The van der Waals surface area contributed by atoms with Crippen LogP contribution in [0.15, 0.2) is 16.3 Å². The quantitative estimate of drug-likeness (QED) is 0.903. The molecule has 0 radical (unpaired) electrons. The Balaban J connectivity index is 2.30. The van der Waals surface area contributed by atoms with E-state index in [0.29, 0.717) is 31.0 Å². The minimum atomic E-state index is -3.51. The van der Waals surface area contributed by atoms with E-state index in [9.17, 15) is 13.5 Å². The number of rotatable bonds is 3. The molecule has 0 bridgehead atoms. The minimum Gasteiger partial charge on any atom is -0.391 e. The highest BCUT2D eigenvalue weighted by Crippen LogP contribution is 2.26. The zero-order chi connectivity index (χ0) is 13.2. The number of aliphatic hydroxyl groups excluding tert-OH is 1. The second-order valence-electron chi connectivity index (χ2n) is 4.26. The number of nitrogens with zero attached hydrogens (tertiary/aromatic N) is 1. The fraction of sp³-hybridized carbons (Fsp3) is 0.636. The zero-order valence-corrected chi connectivity index (χ0v) is 11.8. The molecule has 1 aliphatic rings. The summed E-state index contributed by atoms with van der Waals surface area (Å²) in [5.74, 6) is 0. The Morgan fingerprint density at radius 2 is 2.39 bits per heavy atom. The molecule has 2 heterocycles. The van der Waals surface area contributed by atoms with Gasteiger partial charge in [-0.3, -0.25) is 0 Å². The summed E-state index contributed by atoms with van der Waals surface area (Å²) in [7, 11) is -3.51. The maximum atomic E-state index is 12.5. The van der Waals surface area contributed by atoms with Crippen LogP contribution in [0.5, 0.6) is 0 Å². The van der Waals surface area contributed by atoms with Gasteiger partial charge in [-0.1, -0.05) is 0 Å². The SMILES string of the molecule is CC1CN(S(=O)(=O)c2ccsc2CO)CCCO1. The van der Waals surface area contributed by atoms with E-state index in [0.717, 1.165) is 0 Å². The van der Waals surface area contributed by atoms with Gasteiger partial charge >= 0.3 is 0 Å². The van der Waals surface area contributed by atoms with Crippen LogP contribution < -0.4 is 0 Å². The average molecular weight is 291 g/mol. The van der Waals surface area contributed by atoms with Crippen LogP contribution in [0.3, 0.4) is 0 Å². The van der Waals surface area contributed by atoms with Crippen molar-refractivity contribution in [3.8, 4) is 0 Å². The largest absolute Gasteiger partial charge is 0.391 e. The van der Waals surface area contributed by atoms with Crippen LogP contribution in [0.1, 0.15) is 18.2 Å². The van der Waals surface area contributed by atoms with E-state index in [-0.39, 0.29) is 17.6 Å². The third kappa shape index (κ3) is 2.75. The van der Waals surface area contributed by atoms with E-state index < -0.39 is 10.0 Å². The van der Waals surface area contributed by atoms with Gasteiger partial charge in [-0.15, -0.1) is 11.3 Å². The molecule has 1 fully saturated rings. The molecule has 18 heavy (non-hydrogen) atoms. The van der Waals surface area contributed by atoms with Crippen molar-refractivity contribution in [2.75, 3.05) is 19.7 Å². The van der Waals surface area contributed by atoms with Crippen LogP contribution in [0.2, 0.25) is 0 Å². The molecule has 0 aromatic carbocycles. The fourth-order valence-electron chi connectivity index (χ4n) is 1.99. The maximum Gasteiger partial charge on any atom is 0.244 e. The summed E-state index contributed by atoms with van der Waals surface area (Å²) in [5.41, 5.74) is 0. The number of aliphatic hydroxyl groups is 1. The van der Waals surface area contributed by atoms with Crippen molar-refractivity contribution in [1.29, 1.82) is 0 Å². The highest BCUT2D eigenvalue weighted by molar-refractivity contribution is 7.89. The third-order valence-electron chi connectivity index (χ3n) is 2.88. The molecule has 5 nitrogen and oxygen atoms in total. The third-order valence-corrected chi connectivity index (χ3v) is 5.87. The molecule has 1 aromatic rings. The van der Waals surface area contributed by atoms with Crippen molar-refractivity contribution < 1.29 is 18.3 Å². The van der Waals surface area contributed by atoms with Gasteiger partial charge in [0.1, 0.15) is 0 Å². The fourth-order valence-corrected chi connectivity index (χ4v) is 4.81. The van der Waals surface area contributed by atoms with E-state index in [2.05, 4.69) is 0 Å². The first kappa shape index (κ1) is 14.0. The van der Waals surface area contributed by atoms with Crippen LogP contribution >= 0.6 is 11.3 Å². The summed E-state index contributed by atoms with van der Waals surface area (Å²) in [6.45, 7) is 3.04. The molecule has 2 rings (SSSR count). The van der Waals surface area contributed by atoms with Crippen molar-refractivity contribution in [3.05, 3.63) is 16.3 Å². The molecule has 1 aromatic heterocycles. The highest BCUT2D eigenvalue weighted by Gasteiger charge is 2.30. The standard InChI is InChI=1S/C11H17NO4S2/c1-9-7-12(4-2-5-16-9)18(14,15)11-3-6-17-10(11)8-13/h3,6,9,13H,2,4-5,7-8H2,1H3. The van der Waals surface area contributed by atoms with Crippen LogP contribution in [-0.2, 0) is 21.4 Å². The molecule has 102 valence electrons. The molecular formula is C11H17NO4S2. The molecular weight excluding hydrogens is 274 g/mol. The van der Waals surface area contributed by atoms with Gasteiger partial charge in [0, 0.05) is 24.6 Å². The van der Waals surface area contributed by atoms with E-state index in [4.69, 9.17) is 4.74 Å². The van der Waals surface area contributed by atoms with Gasteiger partial charge in [-0.05, 0) is 24.8 Å². The predicted octanol–water partition coefficient (Wildman–Crippen LogP) is 1.04. The van der Waals surface area contributed by atoms with Crippen molar-refractivity contribution in [3.63, 3.8) is 0 Å². The Morgan fingerprint density at radius 3 is 3.11 bits per heavy atom. The van der Waals surface area contributed by atoms with Gasteiger partial charge in [0.15, 0.2) is 0 Å². The second kappa shape index (κ2) is 5.66. The molecule has 0 spiro atoms. The lowest BCUT2D eigenvalue weighted by molar-refractivity contribution is 0.0752. The predicted molar refractivity (Wildman–Crippen MR) is 69.0 cm³/mol. The average Bonchev–Trinajstić information content (AvgIpc) is 2.71. The molecule has 0 aliphatic carbocycles. The van der Waals surface area contributed by atoms with Gasteiger partial charge in [0.05, 0.1) is 17.6 Å². The molecule has 1 N–H and O–H groups in total. The van der Waals surface area contributed by atoms with Crippen LogP contribution in [-0.4, -0.2) is 43.6 Å².